The largest absolute Gasteiger partial charge is 0.351 e. The SMILES string of the molecule is CCCc1cc(C(=O)NCCCn2cnnc2)n(C)n1. The van der Waals surface area contributed by atoms with E-state index < -0.39 is 0 Å². The molecule has 0 aliphatic carbocycles. The number of aromatic nitrogens is 5. The molecule has 2 aromatic rings. The van der Waals surface area contributed by atoms with Crippen LogP contribution in [0.25, 0.3) is 0 Å². The third-order valence-corrected chi connectivity index (χ3v) is 3.01. The number of carbonyl (C=O) groups excluding carboxylic acids is 1. The number of hydrogen-bond donors (Lipinski definition) is 1. The highest BCUT2D eigenvalue weighted by Crippen LogP contribution is 2.05. The van der Waals surface area contributed by atoms with Crippen LogP contribution in [0.5, 0.6) is 0 Å². The van der Waals surface area contributed by atoms with E-state index >= 15 is 0 Å². The summed E-state index contributed by atoms with van der Waals surface area (Å²) in [5.74, 6) is -0.0777. The summed E-state index contributed by atoms with van der Waals surface area (Å²) >= 11 is 0. The van der Waals surface area contributed by atoms with Crippen molar-refractivity contribution in [3.8, 4) is 0 Å². The van der Waals surface area contributed by atoms with Gasteiger partial charge < -0.3 is 9.88 Å². The van der Waals surface area contributed by atoms with Crippen molar-refractivity contribution in [1.29, 1.82) is 0 Å². The highest BCUT2D eigenvalue weighted by molar-refractivity contribution is 5.92. The molecule has 0 spiro atoms. The Labute approximate surface area is 118 Å². The Morgan fingerprint density at radius 1 is 1.35 bits per heavy atom. The van der Waals surface area contributed by atoms with Gasteiger partial charge in [0, 0.05) is 20.1 Å². The minimum absolute atomic E-state index is 0.0777. The van der Waals surface area contributed by atoms with Crippen LogP contribution in [-0.2, 0) is 20.0 Å². The van der Waals surface area contributed by atoms with Gasteiger partial charge in [-0.05, 0) is 18.9 Å². The van der Waals surface area contributed by atoms with Gasteiger partial charge in [-0.3, -0.25) is 9.48 Å². The zero-order valence-electron chi connectivity index (χ0n) is 11.9. The van der Waals surface area contributed by atoms with Gasteiger partial charge >= 0.3 is 0 Å². The van der Waals surface area contributed by atoms with Crippen molar-refractivity contribution in [2.24, 2.45) is 7.05 Å². The predicted molar refractivity (Wildman–Crippen MR) is 74.2 cm³/mol. The van der Waals surface area contributed by atoms with Crippen molar-refractivity contribution in [2.45, 2.75) is 32.7 Å². The fourth-order valence-corrected chi connectivity index (χ4v) is 2.01. The normalized spacial score (nSPS) is 10.7. The molecular formula is C13H20N6O. The van der Waals surface area contributed by atoms with Crippen LogP contribution >= 0.6 is 0 Å². The van der Waals surface area contributed by atoms with Gasteiger partial charge in [0.15, 0.2) is 0 Å². The van der Waals surface area contributed by atoms with E-state index in [-0.39, 0.29) is 5.91 Å². The van der Waals surface area contributed by atoms with Crippen LogP contribution < -0.4 is 5.32 Å². The Morgan fingerprint density at radius 2 is 2.10 bits per heavy atom. The molecule has 0 unspecified atom stereocenters. The lowest BCUT2D eigenvalue weighted by Crippen LogP contribution is -2.27. The second kappa shape index (κ2) is 6.83. The van der Waals surface area contributed by atoms with E-state index in [1.807, 2.05) is 10.6 Å². The third-order valence-electron chi connectivity index (χ3n) is 3.01. The molecule has 0 fully saturated rings. The van der Waals surface area contributed by atoms with Gasteiger partial charge in [-0.15, -0.1) is 10.2 Å². The minimum atomic E-state index is -0.0777. The molecule has 0 bridgehead atoms. The van der Waals surface area contributed by atoms with Crippen LogP contribution in [0.4, 0.5) is 0 Å². The number of nitrogens with one attached hydrogen (secondary N) is 1. The lowest BCUT2D eigenvalue weighted by molar-refractivity contribution is 0.0943. The Hall–Kier alpha value is -2.18. The van der Waals surface area contributed by atoms with Crippen LogP contribution in [0, 0.1) is 0 Å². The fourth-order valence-electron chi connectivity index (χ4n) is 2.01. The number of amides is 1. The lowest BCUT2D eigenvalue weighted by atomic mass is 10.2. The van der Waals surface area contributed by atoms with Crippen molar-refractivity contribution < 1.29 is 4.79 Å². The van der Waals surface area contributed by atoms with Crippen molar-refractivity contribution in [1.82, 2.24) is 29.9 Å². The predicted octanol–water partition coefficient (Wildman–Crippen LogP) is 0.784. The van der Waals surface area contributed by atoms with Crippen molar-refractivity contribution in [3.63, 3.8) is 0 Å². The fraction of sp³-hybridized carbons (Fsp3) is 0.538. The average Bonchev–Trinajstić information content (AvgIpc) is 3.05. The van der Waals surface area contributed by atoms with Crippen LogP contribution in [-0.4, -0.2) is 37.0 Å². The quantitative estimate of drug-likeness (QED) is 0.758. The van der Waals surface area contributed by atoms with E-state index in [0.29, 0.717) is 12.2 Å². The van der Waals surface area contributed by atoms with Gasteiger partial charge in [-0.2, -0.15) is 5.10 Å². The second-order valence-electron chi connectivity index (χ2n) is 4.70. The van der Waals surface area contributed by atoms with Crippen molar-refractivity contribution >= 4 is 5.91 Å². The molecule has 7 nitrogen and oxygen atoms in total. The molecule has 0 saturated carbocycles. The molecule has 0 aliphatic heterocycles. The first-order valence-electron chi connectivity index (χ1n) is 6.84. The van der Waals surface area contributed by atoms with Gasteiger partial charge in [-0.25, -0.2) is 0 Å². The molecule has 1 N–H and O–H groups in total. The molecule has 0 aromatic carbocycles. The van der Waals surface area contributed by atoms with Crippen LogP contribution in [0.1, 0.15) is 35.9 Å². The van der Waals surface area contributed by atoms with E-state index in [9.17, 15) is 4.79 Å². The lowest BCUT2D eigenvalue weighted by Gasteiger charge is -2.05. The summed E-state index contributed by atoms with van der Waals surface area (Å²) in [5, 5.41) is 14.7. The zero-order chi connectivity index (χ0) is 14.4. The molecule has 0 radical (unpaired) electrons. The molecule has 0 saturated heterocycles. The van der Waals surface area contributed by atoms with Crippen LogP contribution in [0.2, 0.25) is 0 Å². The molecule has 0 aliphatic rings. The summed E-state index contributed by atoms with van der Waals surface area (Å²) in [6.07, 6.45) is 6.09. The van der Waals surface area contributed by atoms with Gasteiger partial charge in [0.05, 0.1) is 5.69 Å². The first kappa shape index (κ1) is 14.2. The molecule has 2 rings (SSSR count). The van der Waals surface area contributed by atoms with Gasteiger partial charge in [0.1, 0.15) is 18.3 Å². The van der Waals surface area contributed by atoms with E-state index in [1.54, 1.807) is 24.4 Å². The number of rotatable bonds is 7. The monoisotopic (exact) mass is 276 g/mol. The second-order valence-corrected chi connectivity index (χ2v) is 4.70. The van der Waals surface area contributed by atoms with E-state index in [4.69, 9.17) is 0 Å². The van der Waals surface area contributed by atoms with Gasteiger partial charge in [0.25, 0.3) is 5.91 Å². The molecule has 20 heavy (non-hydrogen) atoms. The van der Waals surface area contributed by atoms with Crippen molar-refractivity contribution in [2.75, 3.05) is 6.54 Å². The third kappa shape index (κ3) is 3.66. The smallest absolute Gasteiger partial charge is 0.269 e. The summed E-state index contributed by atoms with van der Waals surface area (Å²) in [5.41, 5.74) is 1.57. The summed E-state index contributed by atoms with van der Waals surface area (Å²) in [6.45, 7) is 3.50. The molecule has 2 heterocycles. The van der Waals surface area contributed by atoms with E-state index in [0.717, 1.165) is 31.5 Å². The summed E-state index contributed by atoms with van der Waals surface area (Å²) < 4.78 is 3.52. The zero-order valence-corrected chi connectivity index (χ0v) is 11.9. The number of carbonyl (C=O) groups is 1. The molecule has 7 heteroatoms. The Morgan fingerprint density at radius 3 is 2.80 bits per heavy atom. The molecular weight excluding hydrogens is 256 g/mol. The van der Waals surface area contributed by atoms with Crippen LogP contribution in [0.15, 0.2) is 18.7 Å². The molecule has 0 atom stereocenters. The molecule has 1 amide bonds. The Kier molecular flexibility index (Phi) is 4.86. The summed E-state index contributed by atoms with van der Waals surface area (Å²) in [4.78, 5) is 12.0. The van der Waals surface area contributed by atoms with E-state index in [2.05, 4.69) is 27.5 Å². The maximum Gasteiger partial charge on any atom is 0.269 e. The topological polar surface area (TPSA) is 77.6 Å². The summed E-state index contributed by atoms with van der Waals surface area (Å²) in [7, 11) is 1.80. The molecule has 108 valence electrons. The standard InChI is InChI=1S/C13H20N6O/c1-3-5-11-8-12(18(2)17-11)13(20)14-6-4-7-19-9-15-16-10-19/h8-10H,3-7H2,1-2H3,(H,14,20). The highest BCUT2D eigenvalue weighted by Gasteiger charge is 2.12. The van der Waals surface area contributed by atoms with Crippen molar-refractivity contribution in [3.05, 3.63) is 30.1 Å². The van der Waals surface area contributed by atoms with Gasteiger partial charge in [0.2, 0.25) is 0 Å². The first-order valence-corrected chi connectivity index (χ1v) is 6.84. The minimum Gasteiger partial charge on any atom is -0.351 e. The highest BCUT2D eigenvalue weighted by atomic mass is 16.2. The Bertz CT molecular complexity index is 545. The number of hydrogen-bond acceptors (Lipinski definition) is 4. The maximum atomic E-state index is 12.0. The van der Waals surface area contributed by atoms with Gasteiger partial charge in [-0.1, -0.05) is 13.3 Å². The molecule has 2 aromatic heterocycles. The maximum absolute atomic E-state index is 12.0. The van der Waals surface area contributed by atoms with E-state index in [1.165, 1.54) is 0 Å². The Balaban J connectivity index is 1.79. The number of aryl methyl sites for hydroxylation is 3. The average molecular weight is 276 g/mol. The van der Waals surface area contributed by atoms with Crippen LogP contribution in [0.3, 0.4) is 0 Å². The summed E-state index contributed by atoms with van der Waals surface area (Å²) in [6, 6.07) is 1.86. The first-order chi connectivity index (χ1) is 9.70. The number of nitrogens with zero attached hydrogens (tertiary/aromatic N) is 5.